The van der Waals surface area contributed by atoms with Gasteiger partial charge in [0.05, 0.1) is 0 Å². The maximum atomic E-state index is 4.63. The first-order chi connectivity index (χ1) is 8.25. The number of halogens is 2. The van der Waals surface area contributed by atoms with Crippen molar-refractivity contribution in [3.8, 4) is 11.3 Å². The van der Waals surface area contributed by atoms with Crippen molar-refractivity contribution in [3.63, 3.8) is 0 Å². The molecule has 0 saturated heterocycles. The van der Waals surface area contributed by atoms with Gasteiger partial charge in [-0.15, -0.1) is 0 Å². The number of nitrogens with zero attached hydrogens (tertiary/aromatic N) is 2. The molecule has 0 fully saturated rings. The summed E-state index contributed by atoms with van der Waals surface area (Å²) in [7, 11) is 0. The molecule has 3 aromatic rings. The molecule has 2 aromatic heterocycles. The van der Waals surface area contributed by atoms with Gasteiger partial charge in [-0.1, -0.05) is 18.2 Å². The van der Waals surface area contributed by atoms with Crippen LogP contribution in [0.5, 0.6) is 0 Å². The van der Waals surface area contributed by atoms with Crippen molar-refractivity contribution >= 4 is 44.2 Å². The Morgan fingerprint density at radius 2 is 1.82 bits per heavy atom. The van der Waals surface area contributed by atoms with Gasteiger partial charge < -0.3 is 0 Å². The Morgan fingerprint density at radius 3 is 2.53 bits per heavy atom. The zero-order valence-electron chi connectivity index (χ0n) is 8.77. The molecule has 0 bridgehead atoms. The third-order valence-corrected chi connectivity index (χ3v) is 4.07. The standard InChI is InChI=1S/C13H8BrIN2/c14-13-12(9-4-6-10(15)7-5-9)16-11-3-1-2-8-17(11)13/h1-8H. The van der Waals surface area contributed by atoms with Gasteiger partial charge in [-0.3, -0.25) is 4.40 Å². The molecule has 2 nitrogen and oxygen atoms in total. The van der Waals surface area contributed by atoms with Crippen LogP contribution in [0.3, 0.4) is 0 Å². The highest BCUT2D eigenvalue weighted by Gasteiger charge is 2.10. The molecule has 0 radical (unpaired) electrons. The van der Waals surface area contributed by atoms with Crippen LogP contribution in [0, 0.1) is 3.57 Å². The Bertz CT molecular complexity index is 673. The summed E-state index contributed by atoms with van der Waals surface area (Å²) >= 11 is 5.91. The van der Waals surface area contributed by atoms with E-state index in [4.69, 9.17) is 0 Å². The van der Waals surface area contributed by atoms with E-state index in [0.717, 1.165) is 21.5 Å². The van der Waals surface area contributed by atoms with Gasteiger partial charge >= 0.3 is 0 Å². The van der Waals surface area contributed by atoms with E-state index in [9.17, 15) is 0 Å². The third-order valence-electron chi connectivity index (χ3n) is 2.59. The summed E-state index contributed by atoms with van der Waals surface area (Å²) in [5.74, 6) is 0. The summed E-state index contributed by atoms with van der Waals surface area (Å²) < 4.78 is 4.26. The van der Waals surface area contributed by atoms with Crippen molar-refractivity contribution in [2.24, 2.45) is 0 Å². The van der Waals surface area contributed by atoms with Crippen LogP contribution in [-0.4, -0.2) is 9.38 Å². The fourth-order valence-corrected chi connectivity index (χ4v) is 2.73. The zero-order chi connectivity index (χ0) is 11.8. The van der Waals surface area contributed by atoms with Crippen molar-refractivity contribution in [1.82, 2.24) is 9.38 Å². The number of benzene rings is 1. The summed E-state index contributed by atoms with van der Waals surface area (Å²) in [4.78, 5) is 4.63. The van der Waals surface area contributed by atoms with Crippen molar-refractivity contribution < 1.29 is 0 Å². The highest BCUT2D eigenvalue weighted by atomic mass is 127. The van der Waals surface area contributed by atoms with E-state index < -0.39 is 0 Å². The number of rotatable bonds is 1. The minimum absolute atomic E-state index is 0.952. The minimum atomic E-state index is 0.952. The Balaban J connectivity index is 2.24. The molecule has 0 spiro atoms. The van der Waals surface area contributed by atoms with Gasteiger partial charge in [0, 0.05) is 15.3 Å². The van der Waals surface area contributed by atoms with Crippen molar-refractivity contribution in [1.29, 1.82) is 0 Å². The second-order valence-electron chi connectivity index (χ2n) is 3.69. The molecule has 0 aliphatic heterocycles. The molecule has 0 aliphatic rings. The largest absolute Gasteiger partial charge is 0.294 e. The zero-order valence-corrected chi connectivity index (χ0v) is 12.5. The van der Waals surface area contributed by atoms with Gasteiger partial charge in [0.1, 0.15) is 15.9 Å². The molecule has 3 rings (SSSR count). The molecular weight excluding hydrogens is 391 g/mol. The van der Waals surface area contributed by atoms with Crippen LogP contribution in [-0.2, 0) is 0 Å². The smallest absolute Gasteiger partial charge is 0.138 e. The lowest BCUT2D eigenvalue weighted by molar-refractivity contribution is 1.15. The SMILES string of the molecule is Brc1c(-c2ccc(I)cc2)nc2ccccn12. The number of pyridine rings is 1. The van der Waals surface area contributed by atoms with E-state index in [1.807, 2.05) is 28.8 Å². The van der Waals surface area contributed by atoms with Crippen LogP contribution in [0.2, 0.25) is 0 Å². The second-order valence-corrected chi connectivity index (χ2v) is 5.68. The highest BCUT2D eigenvalue weighted by molar-refractivity contribution is 14.1. The molecule has 0 aliphatic carbocycles. The van der Waals surface area contributed by atoms with Crippen molar-refractivity contribution in [3.05, 3.63) is 56.8 Å². The van der Waals surface area contributed by atoms with Crippen LogP contribution in [0.4, 0.5) is 0 Å². The summed E-state index contributed by atoms with van der Waals surface area (Å²) in [5, 5.41) is 0. The van der Waals surface area contributed by atoms with Gasteiger partial charge in [-0.2, -0.15) is 0 Å². The maximum absolute atomic E-state index is 4.63. The molecule has 2 heterocycles. The molecule has 0 unspecified atom stereocenters. The van der Waals surface area contributed by atoms with Crippen LogP contribution >= 0.6 is 38.5 Å². The van der Waals surface area contributed by atoms with Crippen molar-refractivity contribution in [2.45, 2.75) is 0 Å². The fourth-order valence-electron chi connectivity index (χ4n) is 1.76. The maximum Gasteiger partial charge on any atom is 0.138 e. The molecule has 0 amide bonds. The van der Waals surface area contributed by atoms with E-state index in [0.29, 0.717) is 0 Å². The first-order valence-electron chi connectivity index (χ1n) is 5.14. The average Bonchev–Trinajstić information content (AvgIpc) is 2.69. The van der Waals surface area contributed by atoms with E-state index in [-0.39, 0.29) is 0 Å². The van der Waals surface area contributed by atoms with Gasteiger partial charge in [-0.25, -0.2) is 4.98 Å². The van der Waals surface area contributed by atoms with E-state index in [2.05, 4.69) is 67.8 Å². The molecule has 1 aromatic carbocycles. The molecular formula is C13H8BrIN2. The lowest BCUT2D eigenvalue weighted by Gasteiger charge is -1.98. The predicted octanol–water partition coefficient (Wildman–Crippen LogP) is 4.37. The van der Waals surface area contributed by atoms with Gasteiger partial charge in [-0.05, 0) is 62.8 Å². The molecule has 0 N–H and O–H groups in total. The van der Waals surface area contributed by atoms with Crippen molar-refractivity contribution in [2.75, 3.05) is 0 Å². The molecule has 0 atom stereocenters. The summed E-state index contributed by atoms with van der Waals surface area (Å²) in [6.45, 7) is 0. The van der Waals surface area contributed by atoms with Gasteiger partial charge in [0.2, 0.25) is 0 Å². The number of aromatic nitrogens is 2. The van der Waals surface area contributed by atoms with Crippen LogP contribution in [0.15, 0.2) is 53.3 Å². The number of hydrogen-bond donors (Lipinski definition) is 0. The van der Waals surface area contributed by atoms with Gasteiger partial charge in [0.15, 0.2) is 0 Å². The summed E-state index contributed by atoms with van der Waals surface area (Å²) in [6, 6.07) is 14.4. The summed E-state index contributed by atoms with van der Waals surface area (Å²) in [5.41, 5.74) is 3.06. The Labute approximate surface area is 121 Å². The monoisotopic (exact) mass is 398 g/mol. The number of hydrogen-bond acceptors (Lipinski definition) is 1. The van der Waals surface area contributed by atoms with Crippen LogP contribution in [0.1, 0.15) is 0 Å². The summed E-state index contributed by atoms with van der Waals surface area (Å²) in [6.07, 6.45) is 2.00. The quantitative estimate of drug-likeness (QED) is 0.556. The third kappa shape index (κ3) is 1.99. The normalized spacial score (nSPS) is 10.9. The topological polar surface area (TPSA) is 17.3 Å². The lowest BCUT2D eigenvalue weighted by atomic mass is 10.2. The van der Waals surface area contributed by atoms with Crippen LogP contribution in [0.25, 0.3) is 16.9 Å². The highest BCUT2D eigenvalue weighted by Crippen LogP contribution is 2.28. The average molecular weight is 399 g/mol. The lowest BCUT2D eigenvalue weighted by Crippen LogP contribution is -1.82. The van der Waals surface area contributed by atoms with E-state index in [1.165, 1.54) is 3.57 Å². The fraction of sp³-hybridized carbons (Fsp3) is 0. The van der Waals surface area contributed by atoms with E-state index in [1.54, 1.807) is 0 Å². The van der Waals surface area contributed by atoms with Crippen LogP contribution < -0.4 is 0 Å². The Hall–Kier alpha value is -0.880. The first kappa shape index (κ1) is 11.2. The Kier molecular flexibility index (Phi) is 2.92. The molecule has 17 heavy (non-hydrogen) atoms. The first-order valence-corrected chi connectivity index (χ1v) is 7.01. The van der Waals surface area contributed by atoms with Gasteiger partial charge in [0.25, 0.3) is 0 Å². The second kappa shape index (κ2) is 4.42. The molecule has 4 heteroatoms. The number of fused-ring (bicyclic) bond motifs is 1. The molecule has 84 valence electrons. The minimum Gasteiger partial charge on any atom is -0.294 e. The van der Waals surface area contributed by atoms with E-state index >= 15 is 0 Å². The Morgan fingerprint density at radius 1 is 1.06 bits per heavy atom. The molecule has 0 saturated carbocycles. The number of imidazole rings is 1. The predicted molar refractivity (Wildman–Crippen MR) is 81.0 cm³/mol.